The van der Waals surface area contributed by atoms with E-state index in [0.717, 1.165) is 42.6 Å². The van der Waals surface area contributed by atoms with Crippen LogP contribution in [0.2, 0.25) is 0 Å². The monoisotopic (exact) mass is 499 g/mol. The first-order valence-corrected chi connectivity index (χ1v) is 13.7. The highest BCUT2D eigenvalue weighted by Crippen LogP contribution is 2.39. The summed E-state index contributed by atoms with van der Waals surface area (Å²) in [5, 5.41) is 2.99. The standard InChI is InChI=1S/C32H38FN3O/c1-24-14-16-29(17-15-24)34-32(37)36(31-13-6-11-28(33)22-31)19-7-18-35-23-26-10-5-12-30(35)21-27(26)20-25-8-3-2-4-9-25/h2-4,6,8-9,11,13-17,22,26-27,30H,5,7,10,12,18-21,23H2,1H3,(H,34,37). The number of hydrogen-bond donors (Lipinski definition) is 1. The topological polar surface area (TPSA) is 35.6 Å². The fraction of sp³-hybridized carbons (Fsp3) is 0.406. The zero-order valence-electron chi connectivity index (χ0n) is 21.8. The molecule has 5 heteroatoms. The maximum Gasteiger partial charge on any atom is 0.326 e. The lowest BCUT2D eigenvalue weighted by Gasteiger charge is -2.42. The number of piperidine rings is 1. The fourth-order valence-electron chi connectivity index (χ4n) is 6.23. The van der Waals surface area contributed by atoms with Gasteiger partial charge in [0, 0.05) is 37.1 Å². The van der Waals surface area contributed by atoms with Crippen molar-refractivity contribution in [3.05, 3.63) is 95.8 Å². The van der Waals surface area contributed by atoms with Crippen molar-refractivity contribution < 1.29 is 9.18 Å². The molecule has 2 heterocycles. The van der Waals surface area contributed by atoms with Gasteiger partial charge in [0.05, 0.1) is 0 Å². The van der Waals surface area contributed by atoms with Crippen molar-refractivity contribution in [1.82, 2.24) is 4.90 Å². The van der Waals surface area contributed by atoms with Crippen LogP contribution in [0.3, 0.4) is 0 Å². The Morgan fingerprint density at radius 1 is 1.03 bits per heavy atom. The van der Waals surface area contributed by atoms with Gasteiger partial charge < -0.3 is 10.2 Å². The lowest BCUT2D eigenvalue weighted by Crippen LogP contribution is -2.47. The average molecular weight is 500 g/mol. The highest BCUT2D eigenvalue weighted by atomic mass is 19.1. The Morgan fingerprint density at radius 2 is 1.84 bits per heavy atom. The minimum Gasteiger partial charge on any atom is -0.308 e. The molecule has 3 unspecified atom stereocenters. The normalized spacial score (nSPS) is 21.4. The van der Waals surface area contributed by atoms with Crippen LogP contribution in [-0.4, -0.2) is 36.6 Å². The molecule has 1 aliphatic carbocycles. The maximum atomic E-state index is 14.0. The molecule has 1 saturated carbocycles. The molecular weight excluding hydrogens is 461 g/mol. The Bertz CT molecular complexity index is 1170. The Morgan fingerprint density at radius 3 is 2.62 bits per heavy atom. The molecule has 0 spiro atoms. The molecule has 3 atom stereocenters. The van der Waals surface area contributed by atoms with Gasteiger partial charge in [-0.25, -0.2) is 9.18 Å². The maximum absolute atomic E-state index is 14.0. The van der Waals surface area contributed by atoms with Gasteiger partial charge in [-0.05, 0) is 86.8 Å². The first-order chi connectivity index (χ1) is 18.0. The first-order valence-electron chi connectivity index (χ1n) is 13.7. The minimum atomic E-state index is -0.333. The molecule has 2 amide bonds. The van der Waals surface area contributed by atoms with E-state index < -0.39 is 0 Å². The van der Waals surface area contributed by atoms with Crippen molar-refractivity contribution in [3.63, 3.8) is 0 Å². The predicted octanol–water partition coefficient (Wildman–Crippen LogP) is 7.30. The molecule has 0 aromatic heterocycles. The summed E-state index contributed by atoms with van der Waals surface area (Å²) in [7, 11) is 0. The second kappa shape index (κ2) is 11.9. The fourth-order valence-corrected chi connectivity index (χ4v) is 6.23. The molecular formula is C32H38FN3O. The summed E-state index contributed by atoms with van der Waals surface area (Å²) >= 11 is 0. The van der Waals surface area contributed by atoms with Gasteiger partial charge in [-0.15, -0.1) is 0 Å². The number of nitrogens with zero attached hydrogens (tertiary/aromatic N) is 2. The summed E-state index contributed by atoms with van der Waals surface area (Å²) in [5.74, 6) is 1.17. The number of carbonyl (C=O) groups excluding carboxylic acids is 1. The van der Waals surface area contributed by atoms with Crippen molar-refractivity contribution >= 4 is 17.4 Å². The lowest BCUT2D eigenvalue weighted by molar-refractivity contribution is 0.0779. The zero-order chi connectivity index (χ0) is 25.6. The van der Waals surface area contributed by atoms with E-state index in [1.807, 2.05) is 31.2 Å². The number of benzene rings is 3. The molecule has 2 saturated heterocycles. The van der Waals surface area contributed by atoms with E-state index >= 15 is 0 Å². The number of hydrogen-bond acceptors (Lipinski definition) is 2. The summed E-state index contributed by atoms with van der Waals surface area (Å²) in [6, 6.07) is 25.4. The van der Waals surface area contributed by atoms with E-state index in [9.17, 15) is 9.18 Å². The molecule has 2 aliphatic heterocycles. The van der Waals surface area contributed by atoms with Crippen LogP contribution in [0, 0.1) is 24.6 Å². The summed E-state index contributed by atoms with van der Waals surface area (Å²) in [6.45, 7) is 4.67. The number of anilines is 2. The summed E-state index contributed by atoms with van der Waals surface area (Å²) in [4.78, 5) is 17.6. The largest absolute Gasteiger partial charge is 0.326 e. The van der Waals surface area contributed by atoms with E-state index in [0.29, 0.717) is 18.3 Å². The number of nitrogens with one attached hydrogen (secondary N) is 1. The number of fused-ring (bicyclic) bond motifs is 4. The molecule has 3 aromatic carbocycles. The van der Waals surface area contributed by atoms with Gasteiger partial charge in [0.25, 0.3) is 0 Å². The number of urea groups is 1. The van der Waals surface area contributed by atoms with E-state index in [-0.39, 0.29) is 11.8 Å². The van der Waals surface area contributed by atoms with Gasteiger partial charge >= 0.3 is 6.03 Å². The van der Waals surface area contributed by atoms with Crippen molar-refractivity contribution in [1.29, 1.82) is 0 Å². The highest BCUT2D eigenvalue weighted by Gasteiger charge is 2.37. The molecule has 3 aliphatic rings. The molecule has 0 radical (unpaired) electrons. The van der Waals surface area contributed by atoms with Crippen LogP contribution in [0.5, 0.6) is 0 Å². The van der Waals surface area contributed by atoms with Crippen molar-refractivity contribution in [2.75, 3.05) is 29.9 Å². The van der Waals surface area contributed by atoms with Crippen LogP contribution >= 0.6 is 0 Å². The second-order valence-electron chi connectivity index (χ2n) is 10.8. The van der Waals surface area contributed by atoms with E-state index in [2.05, 4.69) is 40.5 Å². The van der Waals surface area contributed by atoms with Crippen LogP contribution in [0.1, 0.15) is 43.2 Å². The van der Waals surface area contributed by atoms with Crippen LogP contribution < -0.4 is 10.2 Å². The third-order valence-corrected chi connectivity index (χ3v) is 8.17. The van der Waals surface area contributed by atoms with Gasteiger partial charge in [-0.1, -0.05) is 60.5 Å². The third kappa shape index (κ3) is 6.58. The zero-order valence-corrected chi connectivity index (χ0v) is 21.8. The molecule has 3 aromatic rings. The van der Waals surface area contributed by atoms with Gasteiger partial charge in [0.15, 0.2) is 0 Å². The number of halogens is 1. The smallest absolute Gasteiger partial charge is 0.308 e. The van der Waals surface area contributed by atoms with Crippen LogP contribution in [0.4, 0.5) is 20.6 Å². The Labute approximate surface area is 220 Å². The van der Waals surface area contributed by atoms with Crippen LogP contribution in [-0.2, 0) is 6.42 Å². The van der Waals surface area contributed by atoms with Gasteiger partial charge in [0.2, 0.25) is 0 Å². The number of amides is 2. The van der Waals surface area contributed by atoms with Crippen LogP contribution in [0.15, 0.2) is 78.9 Å². The Hall–Kier alpha value is -3.18. The number of carbonyl (C=O) groups is 1. The Balaban J connectivity index is 1.22. The van der Waals surface area contributed by atoms with Gasteiger partial charge in [-0.3, -0.25) is 4.90 Å². The molecule has 2 bridgehead atoms. The number of aryl methyl sites for hydroxylation is 1. The average Bonchev–Trinajstić information content (AvgIpc) is 3.22. The van der Waals surface area contributed by atoms with E-state index in [4.69, 9.17) is 0 Å². The van der Waals surface area contributed by atoms with Gasteiger partial charge in [-0.2, -0.15) is 0 Å². The minimum absolute atomic E-state index is 0.227. The molecule has 6 rings (SSSR count). The molecule has 4 nitrogen and oxygen atoms in total. The summed E-state index contributed by atoms with van der Waals surface area (Å²) in [5.41, 5.74) is 3.92. The SMILES string of the molecule is Cc1ccc(NC(=O)N(CCCN2CC3CCCC2CC3Cc2ccccc2)c2cccc(F)c2)cc1. The quantitative estimate of drug-likeness (QED) is 0.353. The van der Waals surface area contributed by atoms with Crippen molar-refractivity contribution in [2.24, 2.45) is 11.8 Å². The number of rotatable bonds is 8. The summed E-state index contributed by atoms with van der Waals surface area (Å²) in [6.07, 6.45) is 7.20. The molecule has 3 fully saturated rings. The van der Waals surface area contributed by atoms with Gasteiger partial charge in [0.1, 0.15) is 5.82 Å². The predicted molar refractivity (Wildman–Crippen MR) is 150 cm³/mol. The Kier molecular flexibility index (Phi) is 8.20. The molecule has 194 valence electrons. The third-order valence-electron chi connectivity index (χ3n) is 8.17. The van der Waals surface area contributed by atoms with Crippen LogP contribution in [0.25, 0.3) is 0 Å². The first kappa shape index (κ1) is 25.5. The van der Waals surface area contributed by atoms with Crippen molar-refractivity contribution in [2.45, 2.75) is 51.5 Å². The highest BCUT2D eigenvalue weighted by molar-refractivity contribution is 6.01. The summed E-state index contributed by atoms with van der Waals surface area (Å²) < 4.78 is 14.0. The lowest BCUT2D eigenvalue weighted by atomic mass is 9.79. The molecule has 37 heavy (non-hydrogen) atoms. The van der Waals surface area contributed by atoms with Crippen molar-refractivity contribution in [3.8, 4) is 0 Å². The van der Waals surface area contributed by atoms with E-state index in [1.165, 1.54) is 49.8 Å². The molecule has 1 N–H and O–H groups in total. The second-order valence-corrected chi connectivity index (χ2v) is 10.8. The van der Waals surface area contributed by atoms with E-state index in [1.54, 1.807) is 17.0 Å².